The highest BCUT2D eigenvalue weighted by Crippen LogP contribution is 2.29. The number of aryl methyl sites for hydroxylation is 1. The first-order valence-electron chi connectivity index (χ1n) is 7.93. The van der Waals surface area contributed by atoms with Crippen molar-refractivity contribution in [1.29, 1.82) is 0 Å². The normalized spacial score (nSPS) is 14.8. The minimum atomic E-state index is 0.0725. The predicted molar refractivity (Wildman–Crippen MR) is 93.0 cm³/mol. The summed E-state index contributed by atoms with van der Waals surface area (Å²) in [6.07, 6.45) is 1.73. The summed E-state index contributed by atoms with van der Waals surface area (Å²) in [4.78, 5) is 18.7. The third kappa shape index (κ3) is 2.65. The Kier molecular flexibility index (Phi) is 3.73. The van der Waals surface area contributed by atoms with E-state index in [9.17, 15) is 4.79 Å². The van der Waals surface area contributed by atoms with Gasteiger partial charge in [-0.05, 0) is 36.8 Å². The zero-order valence-corrected chi connectivity index (χ0v) is 14.1. The van der Waals surface area contributed by atoms with Gasteiger partial charge in [0.2, 0.25) is 5.91 Å². The van der Waals surface area contributed by atoms with Crippen molar-refractivity contribution in [1.82, 2.24) is 19.7 Å². The number of carbonyl (C=O) groups is 1. The Labute approximate surface area is 144 Å². The number of fused-ring (bicyclic) bond motifs is 1. The topological polar surface area (TPSA) is 51.0 Å². The molecule has 0 N–H and O–H groups in total. The van der Waals surface area contributed by atoms with Crippen molar-refractivity contribution in [2.24, 2.45) is 0 Å². The second-order valence-corrected chi connectivity index (χ2v) is 6.60. The highest BCUT2D eigenvalue weighted by atomic mass is 35.5. The summed E-state index contributed by atoms with van der Waals surface area (Å²) < 4.78 is 1.69. The van der Waals surface area contributed by atoms with E-state index >= 15 is 0 Å². The van der Waals surface area contributed by atoms with E-state index in [0.717, 1.165) is 34.8 Å². The van der Waals surface area contributed by atoms with Crippen LogP contribution >= 0.6 is 11.6 Å². The van der Waals surface area contributed by atoms with Crippen molar-refractivity contribution < 1.29 is 4.79 Å². The zero-order valence-electron chi connectivity index (χ0n) is 13.3. The molecule has 2 aromatic heterocycles. The van der Waals surface area contributed by atoms with Gasteiger partial charge in [0.25, 0.3) is 0 Å². The molecule has 0 unspecified atom stereocenters. The highest BCUT2D eigenvalue weighted by molar-refractivity contribution is 6.30. The third-order valence-corrected chi connectivity index (χ3v) is 4.77. The number of hydrogen-bond donors (Lipinski definition) is 0. The molecule has 122 valence electrons. The van der Waals surface area contributed by atoms with Crippen LogP contribution in [0.25, 0.3) is 11.0 Å². The van der Waals surface area contributed by atoms with E-state index in [-0.39, 0.29) is 12.5 Å². The molecule has 1 amide bonds. The molecule has 24 heavy (non-hydrogen) atoms. The summed E-state index contributed by atoms with van der Waals surface area (Å²) in [6.45, 7) is 3.61. The zero-order chi connectivity index (χ0) is 16.7. The fourth-order valence-electron chi connectivity index (χ4n) is 3.16. The van der Waals surface area contributed by atoms with Crippen LogP contribution in [-0.2, 0) is 11.3 Å². The lowest BCUT2D eigenvalue weighted by atomic mass is 9.91. The maximum absolute atomic E-state index is 12.5. The molecule has 1 aromatic carbocycles. The Bertz CT molecular complexity index is 914. The van der Waals surface area contributed by atoms with Crippen molar-refractivity contribution in [3.63, 3.8) is 0 Å². The van der Waals surface area contributed by atoms with Gasteiger partial charge in [-0.1, -0.05) is 23.7 Å². The van der Waals surface area contributed by atoms with Crippen LogP contribution in [0.5, 0.6) is 0 Å². The minimum Gasteiger partial charge on any atom is -0.340 e. The third-order valence-electron chi connectivity index (χ3n) is 4.53. The molecular formula is C18H17ClN4O. The summed E-state index contributed by atoms with van der Waals surface area (Å²) in [5.74, 6) is 0.435. The molecule has 5 nitrogen and oxygen atoms in total. The molecule has 3 aromatic rings. The van der Waals surface area contributed by atoms with Gasteiger partial charge in [0.15, 0.2) is 5.65 Å². The lowest BCUT2D eigenvalue weighted by Crippen LogP contribution is -2.49. The van der Waals surface area contributed by atoms with E-state index in [0.29, 0.717) is 5.92 Å². The monoisotopic (exact) mass is 340 g/mol. The summed E-state index contributed by atoms with van der Waals surface area (Å²) in [5, 5.41) is 6.18. The Balaban J connectivity index is 1.44. The number of pyridine rings is 1. The average molecular weight is 341 g/mol. The predicted octanol–water partition coefficient (Wildman–Crippen LogP) is 3.02. The van der Waals surface area contributed by atoms with Crippen LogP contribution in [0.1, 0.15) is 17.2 Å². The largest absolute Gasteiger partial charge is 0.340 e. The number of aromatic nitrogens is 3. The second-order valence-electron chi connectivity index (χ2n) is 6.17. The number of rotatable bonds is 3. The first-order valence-corrected chi connectivity index (χ1v) is 8.31. The standard InChI is InChI=1S/C18H17ClN4O/c1-12-16-6-3-7-20-18(16)23(21-12)11-17(24)22-9-14(10-22)13-4-2-5-15(19)8-13/h2-8,14H,9-11H2,1H3. The van der Waals surface area contributed by atoms with Crippen molar-refractivity contribution in [2.45, 2.75) is 19.4 Å². The van der Waals surface area contributed by atoms with Crippen molar-refractivity contribution in [3.8, 4) is 0 Å². The molecule has 0 radical (unpaired) electrons. The molecule has 0 atom stereocenters. The number of likely N-dealkylation sites (tertiary alicyclic amines) is 1. The van der Waals surface area contributed by atoms with Gasteiger partial charge in [-0.25, -0.2) is 9.67 Å². The fraction of sp³-hybridized carbons (Fsp3) is 0.278. The average Bonchev–Trinajstić information content (AvgIpc) is 2.83. The summed E-state index contributed by atoms with van der Waals surface area (Å²) >= 11 is 6.03. The van der Waals surface area contributed by atoms with E-state index in [1.165, 1.54) is 5.56 Å². The molecule has 6 heteroatoms. The molecule has 0 aliphatic carbocycles. The number of nitrogens with zero attached hydrogens (tertiary/aromatic N) is 4. The van der Waals surface area contributed by atoms with Crippen LogP contribution < -0.4 is 0 Å². The molecule has 1 aliphatic rings. The van der Waals surface area contributed by atoms with Crippen LogP contribution in [0.3, 0.4) is 0 Å². The smallest absolute Gasteiger partial charge is 0.244 e. The Morgan fingerprint density at radius 3 is 2.92 bits per heavy atom. The van der Waals surface area contributed by atoms with Crippen LogP contribution in [0.15, 0.2) is 42.6 Å². The van der Waals surface area contributed by atoms with E-state index in [1.807, 2.05) is 42.2 Å². The van der Waals surface area contributed by atoms with E-state index < -0.39 is 0 Å². The molecule has 0 spiro atoms. The van der Waals surface area contributed by atoms with Gasteiger partial charge in [-0.2, -0.15) is 5.10 Å². The van der Waals surface area contributed by atoms with Gasteiger partial charge >= 0.3 is 0 Å². The molecule has 0 saturated carbocycles. The summed E-state index contributed by atoms with van der Waals surface area (Å²) in [6, 6.07) is 11.7. The molecule has 4 rings (SSSR count). The minimum absolute atomic E-state index is 0.0725. The molecule has 1 aliphatic heterocycles. The molecule has 1 fully saturated rings. The number of halogens is 1. The van der Waals surface area contributed by atoms with E-state index in [1.54, 1.807) is 10.9 Å². The summed E-state index contributed by atoms with van der Waals surface area (Å²) in [5.41, 5.74) is 2.84. The number of carbonyl (C=O) groups excluding carboxylic acids is 1. The van der Waals surface area contributed by atoms with E-state index in [2.05, 4.69) is 16.1 Å². The highest BCUT2D eigenvalue weighted by Gasteiger charge is 2.32. The van der Waals surface area contributed by atoms with Gasteiger partial charge in [-0.3, -0.25) is 4.79 Å². The Morgan fingerprint density at radius 2 is 2.12 bits per heavy atom. The first-order chi connectivity index (χ1) is 11.6. The molecular weight excluding hydrogens is 324 g/mol. The lowest BCUT2D eigenvalue weighted by molar-refractivity contribution is -0.136. The van der Waals surface area contributed by atoms with Gasteiger partial charge in [-0.15, -0.1) is 0 Å². The van der Waals surface area contributed by atoms with Crippen molar-refractivity contribution >= 4 is 28.5 Å². The van der Waals surface area contributed by atoms with Gasteiger partial charge in [0.1, 0.15) is 6.54 Å². The molecule has 3 heterocycles. The van der Waals surface area contributed by atoms with E-state index in [4.69, 9.17) is 11.6 Å². The quantitative estimate of drug-likeness (QED) is 0.736. The molecule has 0 bridgehead atoms. The van der Waals surface area contributed by atoms with Gasteiger partial charge in [0, 0.05) is 35.6 Å². The van der Waals surface area contributed by atoms with Crippen LogP contribution in [0.4, 0.5) is 0 Å². The number of benzene rings is 1. The van der Waals surface area contributed by atoms with Crippen molar-refractivity contribution in [3.05, 3.63) is 58.9 Å². The lowest BCUT2D eigenvalue weighted by Gasteiger charge is -2.39. The SMILES string of the molecule is Cc1nn(CC(=O)N2CC(c3cccc(Cl)c3)C2)c2ncccc12. The Morgan fingerprint density at radius 1 is 1.29 bits per heavy atom. The number of hydrogen-bond acceptors (Lipinski definition) is 3. The van der Waals surface area contributed by atoms with Crippen LogP contribution in [0.2, 0.25) is 5.02 Å². The second kappa shape index (κ2) is 5.91. The maximum atomic E-state index is 12.5. The molecule has 1 saturated heterocycles. The number of amides is 1. The first kappa shape index (κ1) is 15.1. The van der Waals surface area contributed by atoms with Gasteiger partial charge < -0.3 is 4.90 Å². The van der Waals surface area contributed by atoms with Crippen LogP contribution in [-0.4, -0.2) is 38.7 Å². The van der Waals surface area contributed by atoms with Crippen LogP contribution in [0, 0.1) is 6.92 Å². The Hall–Kier alpha value is -2.40. The van der Waals surface area contributed by atoms with Crippen molar-refractivity contribution in [2.75, 3.05) is 13.1 Å². The van der Waals surface area contributed by atoms with Gasteiger partial charge in [0.05, 0.1) is 5.69 Å². The maximum Gasteiger partial charge on any atom is 0.244 e. The fourth-order valence-corrected chi connectivity index (χ4v) is 3.36. The summed E-state index contributed by atoms with van der Waals surface area (Å²) in [7, 11) is 0.